The fourth-order valence-corrected chi connectivity index (χ4v) is 2.27. The number of carboxylic acid groups (broad SMARTS) is 1. The molecule has 0 amide bonds. The van der Waals surface area contributed by atoms with E-state index < -0.39 is 5.97 Å². The van der Waals surface area contributed by atoms with Crippen molar-refractivity contribution in [2.75, 3.05) is 0 Å². The average molecular weight is 269 g/mol. The number of hydrogen-bond donors (Lipinski definition) is 2. The molecule has 2 aromatic carbocycles. The molecular formula is C17H19NO2. The highest BCUT2D eigenvalue weighted by Crippen LogP contribution is 2.17. The van der Waals surface area contributed by atoms with Crippen molar-refractivity contribution in [1.82, 2.24) is 5.32 Å². The van der Waals surface area contributed by atoms with E-state index in [-0.39, 0.29) is 6.04 Å². The molecule has 0 saturated carbocycles. The van der Waals surface area contributed by atoms with Crippen molar-refractivity contribution in [3.63, 3.8) is 0 Å². The van der Waals surface area contributed by atoms with Crippen molar-refractivity contribution in [1.29, 1.82) is 0 Å². The SMILES string of the molecule is Cc1ccccc1C(C)NCc1cccc(C(=O)O)c1. The van der Waals surface area contributed by atoms with Gasteiger partial charge in [-0.05, 0) is 42.7 Å². The summed E-state index contributed by atoms with van der Waals surface area (Å²) in [5.41, 5.74) is 3.83. The summed E-state index contributed by atoms with van der Waals surface area (Å²) in [5, 5.41) is 12.4. The molecule has 0 aliphatic rings. The molecule has 20 heavy (non-hydrogen) atoms. The molecule has 0 aromatic heterocycles. The van der Waals surface area contributed by atoms with E-state index in [2.05, 4.69) is 31.3 Å². The average Bonchev–Trinajstić information content (AvgIpc) is 2.45. The second-order valence-corrected chi connectivity index (χ2v) is 4.96. The predicted molar refractivity (Wildman–Crippen MR) is 79.8 cm³/mol. The number of hydrogen-bond acceptors (Lipinski definition) is 2. The summed E-state index contributed by atoms with van der Waals surface area (Å²) in [6, 6.07) is 15.5. The third-order valence-corrected chi connectivity index (χ3v) is 3.44. The van der Waals surface area contributed by atoms with E-state index in [9.17, 15) is 4.79 Å². The van der Waals surface area contributed by atoms with Crippen LogP contribution in [0.15, 0.2) is 48.5 Å². The van der Waals surface area contributed by atoms with Gasteiger partial charge < -0.3 is 10.4 Å². The molecule has 0 saturated heterocycles. The lowest BCUT2D eigenvalue weighted by Crippen LogP contribution is -2.19. The Morgan fingerprint density at radius 3 is 2.65 bits per heavy atom. The summed E-state index contributed by atoms with van der Waals surface area (Å²) in [6.07, 6.45) is 0. The number of rotatable bonds is 5. The van der Waals surface area contributed by atoms with Crippen molar-refractivity contribution in [3.05, 3.63) is 70.8 Å². The third-order valence-electron chi connectivity index (χ3n) is 3.44. The van der Waals surface area contributed by atoms with Crippen molar-refractivity contribution < 1.29 is 9.90 Å². The molecule has 1 atom stereocenters. The number of carboxylic acids is 1. The van der Waals surface area contributed by atoms with Crippen LogP contribution in [0.3, 0.4) is 0 Å². The molecular weight excluding hydrogens is 250 g/mol. The zero-order valence-electron chi connectivity index (χ0n) is 11.8. The van der Waals surface area contributed by atoms with Crippen LogP contribution in [0.1, 0.15) is 40.0 Å². The van der Waals surface area contributed by atoms with E-state index in [0.29, 0.717) is 12.1 Å². The van der Waals surface area contributed by atoms with E-state index in [0.717, 1.165) is 5.56 Å². The second-order valence-electron chi connectivity index (χ2n) is 4.96. The van der Waals surface area contributed by atoms with E-state index in [1.807, 2.05) is 18.2 Å². The topological polar surface area (TPSA) is 49.3 Å². The van der Waals surface area contributed by atoms with Crippen molar-refractivity contribution in [2.45, 2.75) is 26.4 Å². The first kappa shape index (κ1) is 14.3. The predicted octanol–water partition coefficient (Wildman–Crippen LogP) is 3.54. The lowest BCUT2D eigenvalue weighted by Gasteiger charge is -2.16. The number of nitrogens with one attached hydrogen (secondary N) is 1. The summed E-state index contributed by atoms with van der Waals surface area (Å²) in [5.74, 6) is -0.890. The van der Waals surface area contributed by atoms with Crippen LogP contribution in [-0.4, -0.2) is 11.1 Å². The minimum Gasteiger partial charge on any atom is -0.478 e. The minimum atomic E-state index is -0.890. The lowest BCUT2D eigenvalue weighted by molar-refractivity contribution is 0.0696. The van der Waals surface area contributed by atoms with Gasteiger partial charge >= 0.3 is 5.97 Å². The normalized spacial score (nSPS) is 12.1. The Hall–Kier alpha value is -2.13. The number of aromatic carboxylic acids is 1. The first-order valence-electron chi connectivity index (χ1n) is 6.69. The van der Waals surface area contributed by atoms with E-state index in [1.165, 1.54) is 11.1 Å². The van der Waals surface area contributed by atoms with Gasteiger partial charge in [0, 0.05) is 12.6 Å². The van der Waals surface area contributed by atoms with E-state index in [1.54, 1.807) is 18.2 Å². The Labute approximate surface area is 119 Å². The number of carbonyl (C=O) groups is 1. The van der Waals surface area contributed by atoms with Gasteiger partial charge in [0.1, 0.15) is 0 Å². The quantitative estimate of drug-likeness (QED) is 0.872. The summed E-state index contributed by atoms with van der Waals surface area (Å²) in [6.45, 7) is 4.86. The summed E-state index contributed by atoms with van der Waals surface area (Å²) in [7, 11) is 0. The third kappa shape index (κ3) is 3.45. The zero-order valence-corrected chi connectivity index (χ0v) is 11.8. The largest absolute Gasteiger partial charge is 0.478 e. The van der Waals surface area contributed by atoms with Gasteiger partial charge in [-0.1, -0.05) is 36.4 Å². The van der Waals surface area contributed by atoms with Crippen molar-refractivity contribution in [2.24, 2.45) is 0 Å². The van der Waals surface area contributed by atoms with Crippen LogP contribution in [0.2, 0.25) is 0 Å². The fourth-order valence-electron chi connectivity index (χ4n) is 2.27. The van der Waals surface area contributed by atoms with Gasteiger partial charge in [0.2, 0.25) is 0 Å². The first-order valence-corrected chi connectivity index (χ1v) is 6.69. The van der Waals surface area contributed by atoms with Crippen LogP contribution in [0.4, 0.5) is 0 Å². The highest BCUT2D eigenvalue weighted by atomic mass is 16.4. The molecule has 0 aliphatic carbocycles. The van der Waals surface area contributed by atoms with Crippen LogP contribution in [0.25, 0.3) is 0 Å². The fraction of sp³-hybridized carbons (Fsp3) is 0.235. The highest BCUT2D eigenvalue weighted by Gasteiger charge is 2.08. The van der Waals surface area contributed by atoms with Gasteiger partial charge in [0.15, 0.2) is 0 Å². The van der Waals surface area contributed by atoms with Crippen LogP contribution in [0.5, 0.6) is 0 Å². The van der Waals surface area contributed by atoms with Gasteiger partial charge in [-0.25, -0.2) is 4.79 Å². The monoisotopic (exact) mass is 269 g/mol. The van der Waals surface area contributed by atoms with E-state index >= 15 is 0 Å². The van der Waals surface area contributed by atoms with E-state index in [4.69, 9.17) is 5.11 Å². The molecule has 1 unspecified atom stereocenters. The Kier molecular flexibility index (Phi) is 4.53. The maximum atomic E-state index is 10.9. The van der Waals surface area contributed by atoms with Gasteiger partial charge in [0.05, 0.1) is 5.56 Å². The van der Waals surface area contributed by atoms with Crippen LogP contribution < -0.4 is 5.32 Å². The molecule has 0 radical (unpaired) electrons. The number of aryl methyl sites for hydroxylation is 1. The van der Waals surface area contributed by atoms with Gasteiger partial charge in [-0.2, -0.15) is 0 Å². The molecule has 0 aliphatic heterocycles. The van der Waals surface area contributed by atoms with Crippen molar-refractivity contribution >= 4 is 5.97 Å². The maximum absolute atomic E-state index is 10.9. The maximum Gasteiger partial charge on any atom is 0.335 e. The van der Waals surface area contributed by atoms with Crippen LogP contribution >= 0.6 is 0 Å². The molecule has 104 valence electrons. The second kappa shape index (κ2) is 6.35. The molecule has 2 aromatic rings. The first-order chi connectivity index (χ1) is 9.58. The van der Waals surface area contributed by atoms with Gasteiger partial charge in [-0.15, -0.1) is 0 Å². The standard InChI is InChI=1S/C17H19NO2/c1-12-6-3-4-9-16(12)13(2)18-11-14-7-5-8-15(10-14)17(19)20/h3-10,13,18H,11H2,1-2H3,(H,19,20). The lowest BCUT2D eigenvalue weighted by atomic mass is 10.0. The van der Waals surface area contributed by atoms with Crippen LogP contribution in [0, 0.1) is 6.92 Å². The summed E-state index contributed by atoms with van der Waals surface area (Å²) in [4.78, 5) is 10.9. The molecule has 0 bridgehead atoms. The van der Waals surface area contributed by atoms with Crippen LogP contribution in [-0.2, 0) is 6.54 Å². The summed E-state index contributed by atoms with van der Waals surface area (Å²) >= 11 is 0. The molecule has 0 heterocycles. The number of benzene rings is 2. The van der Waals surface area contributed by atoms with Gasteiger partial charge in [0.25, 0.3) is 0 Å². The van der Waals surface area contributed by atoms with Gasteiger partial charge in [-0.3, -0.25) is 0 Å². The molecule has 2 N–H and O–H groups in total. The Morgan fingerprint density at radius 1 is 1.20 bits per heavy atom. The summed E-state index contributed by atoms with van der Waals surface area (Å²) < 4.78 is 0. The molecule has 0 spiro atoms. The molecule has 0 fully saturated rings. The molecule has 2 rings (SSSR count). The smallest absolute Gasteiger partial charge is 0.335 e. The molecule has 3 nitrogen and oxygen atoms in total. The van der Waals surface area contributed by atoms with Crippen molar-refractivity contribution in [3.8, 4) is 0 Å². The molecule has 3 heteroatoms. The highest BCUT2D eigenvalue weighted by molar-refractivity contribution is 5.87. The minimum absolute atomic E-state index is 0.227. The Balaban J connectivity index is 2.04. The Morgan fingerprint density at radius 2 is 1.95 bits per heavy atom. The Bertz CT molecular complexity index is 607. The zero-order chi connectivity index (χ0) is 14.5.